The second-order valence-corrected chi connectivity index (χ2v) is 7.16. The standard InChI is InChI=1S/C19H19N3O4S/c1-12-10-13(2)17-16(11-12)21(8-9-26-3)19(27-17)20-18(23)14-4-6-15(7-5-14)22(24)25/h4-7,10-11H,8-9H2,1-3H3. The summed E-state index contributed by atoms with van der Waals surface area (Å²) >= 11 is 1.45. The van der Waals surface area contributed by atoms with Crippen LogP contribution >= 0.6 is 11.3 Å². The number of carbonyl (C=O) groups is 1. The molecule has 1 heterocycles. The number of non-ortho nitro benzene ring substituents is 1. The third-order valence-corrected chi connectivity index (χ3v) is 5.39. The summed E-state index contributed by atoms with van der Waals surface area (Å²) in [5, 5.41) is 10.8. The molecule has 0 aliphatic heterocycles. The van der Waals surface area contributed by atoms with Gasteiger partial charge in [0.25, 0.3) is 11.6 Å². The lowest BCUT2D eigenvalue weighted by atomic mass is 10.1. The predicted octanol–water partition coefficient (Wildman–Crippen LogP) is 3.62. The summed E-state index contributed by atoms with van der Waals surface area (Å²) in [4.78, 5) is 27.7. The average molecular weight is 385 g/mol. The van der Waals surface area contributed by atoms with E-state index in [0.29, 0.717) is 23.5 Å². The first-order chi connectivity index (χ1) is 12.9. The monoisotopic (exact) mass is 385 g/mol. The number of hydrogen-bond donors (Lipinski definition) is 0. The zero-order chi connectivity index (χ0) is 19.6. The number of thiazole rings is 1. The number of hydrogen-bond acceptors (Lipinski definition) is 5. The third-order valence-electron chi connectivity index (χ3n) is 4.16. The van der Waals surface area contributed by atoms with E-state index in [2.05, 4.69) is 17.1 Å². The smallest absolute Gasteiger partial charge is 0.279 e. The van der Waals surface area contributed by atoms with Crippen molar-refractivity contribution in [1.82, 2.24) is 4.57 Å². The van der Waals surface area contributed by atoms with E-state index in [1.165, 1.54) is 35.6 Å². The van der Waals surface area contributed by atoms with Crippen LogP contribution in [-0.2, 0) is 11.3 Å². The molecule has 0 aliphatic rings. The molecule has 2 aromatic carbocycles. The van der Waals surface area contributed by atoms with Crippen molar-refractivity contribution in [2.24, 2.45) is 4.99 Å². The summed E-state index contributed by atoms with van der Waals surface area (Å²) in [5.41, 5.74) is 3.53. The number of aromatic nitrogens is 1. The number of benzene rings is 2. The van der Waals surface area contributed by atoms with Crippen LogP contribution in [0.1, 0.15) is 21.5 Å². The molecule has 0 spiro atoms. The first kappa shape index (κ1) is 18.9. The van der Waals surface area contributed by atoms with Crippen LogP contribution < -0.4 is 4.80 Å². The Bertz CT molecular complexity index is 1080. The van der Waals surface area contributed by atoms with Crippen molar-refractivity contribution >= 4 is 33.1 Å². The Labute approximate surface area is 159 Å². The van der Waals surface area contributed by atoms with Gasteiger partial charge in [-0.15, -0.1) is 0 Å². The van der Waals surface area contributed by atoms with Crippen LogP contribution in [0.2, 0.25) is 0 Å². The van der Waals surface area contributed by atoms with Crippen LogP contribution in [0.3, 0.4) is 0 Å². The van der Waals surface area contributed by atoms with Crippen LogP contribution in [0.5, 0.6) is 0 Å². The number of nitro benzene ring substituents is 1. The quantitative estimate of drug-likeness (QED) is 0.496. The average Bonchev–Trinajstić information content (AvgIpc) is 2.97. The van der Waals surface area contributed by atoms with E-state index in [1.54, 1.807) is 7.11 Å². The molecule has 3 aromatic rings. The summed E-state index contributed by atoms with van der Waals surface area (Å²) in [6.45, 7) is 5.14. The van der Waals surface area contributed by atoms with E-state index in [9.17, 15) is 14.9 Å². The fraction of sp³-hybridized carbons (Fsp3) is 0.263. The maximum atomic E-state index is 12.6. The van der Waals surface area contributed by atoms with Crippen molar-refractivity contribution < 1.29 is 14.5 Å². The number of nitrogens with zero attached hydrogens (tertiary/aromatic N) is 3. The maximum absolute atomic E-state index is 12.6. The highest BCUT2D eigenvalue weighted by Gasteiger charge is 2.12. The van der Waals surface area contributed by atoms with Crippen molar-refractivity contribution in [2.45, 2.75) is 20.4 Å². The van der Waals surface area contributed by atoms with Gasteiger partial charge in [0.2, 0.25) is 0 Å². The van der Waals surface area contributed by atoms with Crippen LogP contribution in [0, 0.1) is 24.0 Å². The van der Waals surface area contributed by atoms with Crippen molar-refractivity contribution in [2.75, 3.05) is 13.7 Å². The van der Waals surface area contributed by atoms with Crippen molar-refractivity contribution in [3.63, 3.8) is 0 Å². The Morgan fingerprint density at radius 2 is 1.96 bits per heavy atom. The number of rotatable bonds is 5. The zero-order valence-electron chi connectivity index (χ0n) is 15.3. The lowest BCUT2D eigenvalue weighted by Crippen LogP contribution is -2.19. The minimum absolute atomic E-state index is 0.0605. The molecular formula is C19H19N3O4S. The van der Waals surface area contributed by atoms with Gasteiger partial charge < -0.3 is 9.30 Å². The zero-order valence-corrected chi connectivity index (χ0v) is 16.1. The first-order valence-corrected chi connectivity index (χ1v) is 9.15. The van der Waals surface area contributed by atoms with E-state index in [4.69, 9.17) is 4.74 Å². The molecule has 0 radical (unpaired) electrons. The Hall–Kier alpha value is -2.84. The molecule has 0 saturated carbocycles. The number of ether oxygens (including phenoxy) is 1. The second-order valence-electron chi connectivity index (χ2n) is 6.18. The van der Waals surface area contributed by atoms with Crippen LogP contribution in [0.4, 0.5) is 5.69 Å². The summed E-state index contributed by atoms with van der Waals surface area (Å²) in [5.74, 6) is -0.433. The van der Waals surface area contributed by atoms with Gasteiger partial charge in [-0.1, -0.05) is 17.4 Å². The van der Waals surface area contributed by atoms with Gasteiger partial charge in [0.05, 0.1) is 21.7 Å². The molecule has 0 saturated heterocycles. The lowest BCUT2D eigenvalue weighted by Gasteiger charge is -2.06. The Morgan fingerprint density at radius 1 is 1.26 bits per heavy atom. The van der Waals surface area contributed by atoms with Crippen LogP contribution in [0.25, 0.3) is 10.2 Å². The third kappa shape index (κ3) is 3.96. The van der Waals surface area contributed by atoms with E-state index < -0.39 is 10.8 Å². The molecule has 0 aliphatic carbocycles. The molecule has 0 fully saturated rings. The number of fused-ring (bicyclic) bond motifs is 1. The fourth-order valence-electron chi connectivity index (χ4n) is 2.87. The van der Waals surface area contributed by atoms with Gasteiger partial charge in [0.15, 0.2) is 4.80 Å². The van der Waals surface area contributed by atoms with E-state index >= 15 is 0 Å². The molecule has 0 atom stereocenters. The summed E-state index contributed by atoms with van der Waals surface area (Å²) in [6.07, 6.45) is 0. The van der Waals surface area contributed by atoms with Gasteiger partial charge in [0, 0.05) is 31.4 Å². The number of nitro groups is 1. The van der Waals surface area contributed by atoms with Gasteiger partial charge >= 0.3 is 0 Å². The minimum atomic E-state index is -0.499. The molecule has 0 unspecified atom stereocenters. The van der Waals surface area contributed by atoms with Gasteiger partial charge in [-0.2, -0.15) is 4.99 Å². The topological polar surface area (TPSA) is 86.7 Å². The van der Waals surface area contributed by atoms with Crippen LogP contribution in [0.15, 0.2) is 41.4 Å². The molecule has 1 aromatic heterocycles. The second kappa shape index (κ2) is 7.81. The SMILES string of the molecule is COCCn1c(=NC(=O)c2ccc([N+](=O)[O-])cc2)sc2c(C)cc(C)cc21. The van der Waals surface area contributed by atoms with Crippen molar-refractivity contribution in [1.29, 1.82) is 0 Å². The molecule has 140 valence electrons. The summed E-state index contributed by atoms with van der Waals surface area (Å²) < 4.78 is 8.25. The molecule has 7 nitrogen and oxygen atoms in total. The maximum Gasteiger partial charge on any atom is 0.279 e. The minimum Gasteiger partial charge on any atom is -0.383 e. The number of amides is 1. The Morgan fingerprint density at radius 3 is 2.59 bits per heavy atom. The molecule has 0 bridgehead atoms. The molecule has 3 rings (SSSR count). The summed E-state index contributed by atoms with van der Waals surface area (Å²) in [7, 11) is 1.63. The number of methoxy groups -OCH3 is 1. The highest BCUT2D eigenvalue weighted by Crippen LogP contribution is 2.23. The van der Waals surface area contributed by atoms with Crippen molar-refractivity contribution in [3.8, 4) is 0 Å². The molecule has 27 heavy (non-hydrogen) atoms. The molecule has 8 heteroatoms. The fourth-order valence-corrected chi connectivity index (χ4v) is 3.98. The number of aryl methyl sites for hydroxylation is 2. The van der Waals surface area contributed by atoms with Gasteiger partial charge in [-0.3, -0.25) is 14.9 Å². The lowest BCUT2D eigenvalue weighted by molar-refractivity contribution is -0.384. The largest absolute Gasteiger partial charge is 0.383 e. The van der Waals surface area contributed by atoms with E-state index in [0.717, 1.165) is 21.3 Å². The van der Waals surface area contributed by atoms with Gasteiger partial charge in [0.1, 0.15) is 0 Å². The van der Waals surface area contributed by atoms with Crippen LogP contribution in [-0.4, -0.2) is 29.1 Å². The normalized spacial score (nSPS) is 11.9. The highest BCUT2D eigenvalue weighted by atomic mass is 32.1. The van der Waals surface area contributed by atoms with Gasteiger partial charge in [-0.05, 0) is 43.2 Å². The predicted molar refractivity (Wildman–Crippen MR) is 104 cm³/mol. The highest BCUT2D eigenvalue weighted by molar-refractivity contribution is 7.16. The Balaban J connectivity index is 2.09. The first-order valence-electron chi connectivity index (χ1n) is 8.33. The molecular weight excluding hydrogens is 366 g/mol. The molecule has 1 amide bonds. The molecule has 0 N–H and O–H groups in total. The van der Waals surface area contributed by atoms with Gasteiger partial charge in [-0.25, -0.2) is 0 Å². The number of carbonyl (C=O) groups excluding carboxylic acids is 1. The van der Waals surface area contributed by atoms with E-state index in [-0.39, 0.29) is 5.69 Å². The Kier molecular flexibility index (Phi) is 5.48. The summed E-state index contributed by atoms with van der Waals surface area (Å²) in [6, 6.07) is 9.63. The van der Waals surface area contributed by atoms with Crippen molar-refractivity contribution in [3.05, 3.63) is 68.0 Å². The van der Waals surface area contributed by atoms with E-state index in [1.807, 2.05) is 18.4 Å².